The van der Waals surface area contributed by atoms with E-state index >= 15 is 0 Å². The van der Waals surface area contributed by atoms with Crippen molar-refractivity contribution in [2.75, 3.05) is 0 Å². The summed E-state index contributed by atoms with van der Waals surface area (Å²) in [5, 5.41) is 13.4. The largest absolute Gasteiger partial charge is 0.383 e. The van der Waals surface area contributed by atoms with Crippen molar-refractivity contribution in [1.29, 1.82) is 0 Å². The molecule has 0 saturated heterocycles. The summed E-state index contributed by atoms with van der Waals surface area (Å²) in [7, 11) is -2.70. The van der Waals surface area contributed by atoms with Crippen molar-refractivity contribution >= 4 is 18.7 Å². The molecule has 224 valence electrons. The van der Waals surface area contributed by atoms with Crippen LogP contribution in [0.2, 0.25) is 5.04 Å². The average Bonchev–Trinajstić information content (AvgIpc) is 2.97. The minimum Gasteiger partial charge on any atom is -0.383 e. The van der Waals surface area contributed by atoms with Crippen LogP contribution in [0.3, 0.4) is 0 Å². The van der Waals surface area contributed by atoms with Gasteiger partial charge in [0.15, 0.2) is 0 Å². The summed E-state index contributed by atoms with van der Waals surface area (Å²) in [6.07, 6.45) is 18.0. The minimum absolute atomic E-state index is 0.126. The molecule has 0 aliphatic heterocycles. The molecule has 0 saturated carbocycles. The van der Waals surface area contributed by atoms with Gasteiger partial charge in [0.2, 0.25) is 0 Å². The number of aliphatic hydroxyl groups excluding tert-OH is 1. The highest BCUT2D eigenvalue weighted by Gasteiger charge is 2.51. The van der Waals surface area contributed by atoms with Gasteiger partial charge in [0.1, 0.15) is 6.29 Å². The Kier molecular flexibility index (Phi) is 17.5. The SMILES string of the molecule is CCCCCCCCCC#CC#CCCCCCCCCC(O)O[Si](c1ccccc1)(c1ccccc1)C(C)(C)C. The zero-order valence-electron chi connectivity index (χ0n) is 26.5. The minimum atomic E-state index is -2.70. The maximum Gasteiger partial charge on any atom is 0.264 e. The third-order valence-corrected chi connectivity index (χ3v) is 12.9. The Morgan fingerprint density at radius 1 is 0.634 bits per heavy atom. The van der Waals surface area contributed by atoms with E-state index in [2.05, 4.69) is 99.9 Å². The van der Waals surface area contributed by atoms with Crippen molar-refractivity contribution in [2.45, 2.75) is 142 Å². The van der Waals surface area contributed by atoms with E-state index < -0.39 is 14.6 Å². The van der Waals surface area contributed by atoms with Crippen LogP contribution in [-0.2, 0) is 4.43 Å². The van der Waals surface area contributed by atoms with Crippen LogP contribution >= 0.6 is 0 Å². The molecule has 1 atom stereocenters. The van der Waals surface area contributed by atoms with Crippen molar-refractivity contribution < 1.29 is 9.53 Å². The molecular formula is C38H56O2Si. The molecule has 2 rings (SSSR count). The Balaban J connectivity index is 1.66. The maximum absolute atomic E-state index is 11.1. The first-order chi connectivity index (χ1) is 19.9. The molecule has 0 aliphatic carbocycles. The second-order valence-corrected chi connectivity index (χ2v) is 16.6. The fourth-order valence-electron chi connectivity index (χ4n) is 5.58. The molecule has 0 fully saturated rings. The maximum atomic E-state index is 11.1. The van der Waals surface area contributed by atoms with E-state index in [9.17, 15) is 5.11 Å². The molecule has 2 nitrogen and oxygen atoms in total. The standard InChI is InChI=1S/C38H56O2Si/c1-5-6-7-8-9-10-11-12-13-14-15-16-17-18-19-20-21-22-29-34-37(39)40-41(38(2,3)4,35-30-25-23-26-31-35)36-32-27-24-28-33-36/h23-28,30-33,37,39H,5-12,17-22,29,34H2,1-4H3. The molecule has 2 aromatic carbocycles. The first-order valence-corrected chi connectivity index (χ1v) is 18.3. The van der Waals surface area contributed by atoms with Crippen LogP contribution in [-0.4, -0.2) is 19.7 Å². The molecule has 2 aromatic rings. The Morgan fingerprint density at radius 3 is 1.49 bits per heavy atom. The van der Waals surface area contributed by atoms with Gasteiger partial charge in [0.25, 0.3) is 8.32 Å². The van der Waals surface area contributed by atoms with E-state index in [4.69, 9.17) is 4.43 Å². The molecule has 0 radical (unpaired) electrons. The molecule has 0 amide bonds. The van der Waals surface area contributed by atoms with Crippen molar-refractivity contribution in [2.24, 2.45) is 0 Å². The Bertz CT molecular complexity index is 1010. The lowest BCUT2D eigenvalue weighted by Gasteiger charge is -2.44. The fraction of sp³-hybridized carbons (Fsp3) is 0.579. The van der Waals surface area contributed by atoms with Gasteiger partial charge in [0.05, 0.1) is 0 Å². The molecule has 0 spiro atoms. The van der Waals surface area contributed by atoms with Gasteiger partial charge in [-0.15, -0.1) is 0 Å². The summed E-state index contributed by atoms with van der Waals surface area (Å²) in [5.74, 6) is 12.5. The molecule has 0 bridgehead atoms. The molecule has 41 heavy (non-hydrogen) atoms. The van der Waals surface area contributed by atoms with Gasteiger partial charge in [-0.25, -0.2) is 0 Å². The van der Waals surface area contributed by atoms with Crippen molar-refractivity contribution in [3.05, 3.63) is 60.7 Å². The second-order valence-electron chi connectivity index (χ2n) is 12.4. The Hall–Kier alpha value is -2.30. The van der Waals surface area contributed by atoms with Gasteiger partial charge in [-0.1, -0.05) is 164 Å². The van der Waals surface area contributed by atoms with Crippen molar-refractivity contribution in [3.8, 4) is 23.7 Å². The van der Waals surface area contributed by atoms with Crippen LogP contribution < -0.4 is 10.4 Å². The van der Waals surface area contributed by atoms with Crippen molar-refractivity contribution in [3.63, 3.8) is 0 Å². The highest BCUT2D eigenvalue weighted by Crippen LogP contribution is 2.37. The van der Waals surface area contributed by atoms with Crippen LogP contribution in [0.4, 0.5) is 0 Å². The number of benzene rings is 2. The van der Waals surface area contributed by atoms with Gasteiger partial charge in [-0.05, 0) is 52.9 Å². The third kappa shape index (κ3) is 13.0. The third-order valence-electron chi connectivity index (χ3n) is 7.88. The van der Waals surface area contributed by atoms with Crippen LogP contribution in [0.25, 0.3) is 0 Å². The van der Waals surface area contributed by atoms with E-state index in [1.165, 1.54) is 74.6 Å². The Morgan fingerprint density at radius 2 is 1.05 bits per heavy atom. The molecule has 0 aromatic heterocycles. The van der Waals surface area contributed by atoms with Crippen LogP contribution in [0.5, 0.6) is 0 Å². The second kappa shape index (κ2) is 20.6. The first-order valence-electron chi connectivity index (χ1n) is 16.3. The molecule has 1 unspecified atom stereocenters. The quantitative estimate of drug-likeness (QED) is 0.0787. The molecule has 0 aliphatic rings. The summed E-state index contributed by atoms with van der Waals surface area (Å²) in [6.45, 7) is 9.01. The summed E-state index contributed by atoms with van der Waals surface area (Å²) < 4.78 is 6.78. The van der Waals surface area contributed by atoms with Crippen LogP contribution in [0.1, 0.15) is 130 Å². The fourth-order valence-corrected chi connectivity index (χ4v) is 10.1. The number of hydrogen-bond acceptors (Lipinski definition) is 2. The van der Waals surface area contributed by atoms with E-state index in [-0.39, 0.29) is 5.04 Å². The van der Waals surface area contributed by atoms with Gasteiger partial charge < -0.3 is 9.53 Å². The highest BCUT2D eigenvalue weighted by atomic mass is 28.4. The molecule has 1 N–H and O–H groups in total. The number of rotatable bonds is 19. The zero-order valence-corrected chi connectivity index (χ0v) is 27.5. The van der Waals surface area contributed by atoms with Gasteiger partial charge >= 0.3 is 0 Å². The molecular weight excluding hydrogens is 517 g/mol. The predicted octanol–water partition coefficient (Wildman–Crippen LogP) is 9.15. The smallest absolute Gasteiger partial charge is 0.264 e. The zero-order chi connectivity index (χ0) is 29.7. The predicted molar refractivity (Wildman–Crippen MR) is 180 cm³/mol. The summed E-state index contributed by atoms with van der Waals surface area (Å²) in [4.78, 5) is 0. The lowest BCUT2D eigenvalue weighted by Crippen LogP contribution is -2.67. The first kappa shape index (κ1) is 34.9. The average molecular weight is 573 g/mol. The van der Waals surface area contributed by atoms with E-state index in [1.807, 2.05) is 12.1 Å². The summed E-state index contributed by atoms with van der Waals surface area (Å²) in [6, 6.07) is 21.1. The van der Waals surface area contributed by atoms with Crippen molar-refractivity contribution in [1.82, 2.24) is 0 Å². The van der Waals surface area contributed by atoms with Crippen LogP contribution in [0, 0.1) is 23.7 Å². The summed E-state index contributed by atoms with van der Waals surface area (Å²) in [5.41, 5.74) is 0. The van der Waals surface area contributed by atoms with E-state index in [0.717, 1.165) is 32.1 Å². The van der Waals surface area contributed by atoms with E-state index in [1.54, 1.807) is 0 Å². The lowest BCUT2D eigenvalue weighted by atomic mass is 10.1. The van der Waals surface area contributed by atoms with Crippen LogP contribution in [0.15, 0.2) is 60.7 Å². The number of unbranched alkanes of at least 4 members (excludes halogenated alkanes) is 13. The molecule has 0 heterocycles. The van der Waals surface area contributed by atoms with Gasteiger partial charge in [0, 0.05) is 12.8 Å². The number of hydrogen-bond donors (Lipinski definition) is 1. The lowest BCUT2D eigenvalue weighted by molar-refractivity contribution is -0.0325. The Labute approximate surface area is 253 Å². The normalized spacial score (nSPS) is 12.2. The summed E-state index contributed by atoms with van der Waals surface area (Å²) >= 11 is 0. The number of aliphatic hydroxyl groups is 1. The van der Waals surface area contributed by atoms with E-state index in [0.29, 0.717) is 6.42 Å². The molecule has 3 heteroatoms. The monoisotopic (exact) mass is 572 g/mol. The topological polar surface area (TPSA) is 29.5 Å². The highest BCUT2D eigenvalue weighted by molar-refractivity contribution is 6.99. The van der Waals surface area contributed by atoms with Gasteiger partial charge in [-0.3, -0.25) is 0 Å². The van der Waals surface area contributed by atoms with Gasteiger partial charge in [-0.2, -0.15) is 0 Å².